The second kappa shape index (κ2) is 8.78. The number of amides is 1. The summed E-state index contributed by atoms with van der Waals surface area (Å²) >= 11 is 0. The summed E-state index contributed by atoms with van der Waals surface area (Å²) in [5.41, 5.74) is 3.12. The molecule has 2 heterocycles. The molecule has 1 saturated heterocycles. The first-order chi connectivity index (χ1) is 16.4. The predicted molar refractivity (Wildman–Crippen MR) is 121 cm³/mol. The normalized spacial score (nSPS) is 20.6. The molecule has 0 saturated carbocycles. The zero-order valence-electron chi connectivity index (χ0n) is 17.9. The van der Waals surface area contributed by atoms with Crippen molar-refractivity contribution in [3.63, 3.8) is 0 Å². The lowest BCUT2D eigenvalue weighted by Crippen LogP contribution is -2.48. The van der Waals surface area contributed by atoms with Crippen LogP contribution in [0.1, 0.15) is 47.4 Å². The lowest BCUT2D eigenvalue weighted by molar-refractivity contribution is -0.120. The molecule has 34 heavy (non-hydrogen) atoms. The Hall–Kier alpha value is -3.94. The van der Waals surface area contributed by atoms with E-state index in [0.29, 0.717) is 22.8 Å². The van der Waals surface area contributed by atoms with Gasteiger partial charge in [0.05, 0.1) is 12.2 Å². The van der Waals surface area contributed by atoms with Gasteiger partial charge in [-0.2, -0.15) is 18.4 Å². The van der Waals surface area contributed by atoms with Gasteiger partial charge in [0.25, 0.3) is 0 Å². The van der Waals surface area contributed by atoms with E-state index in [2.05, 4.69) is 9.71 Å². The number of hydrogen-bond acceptors (Lipinski definition) is 7. The molecule has 1 fully saturated rings. The molecule has 1 unspecified atom stereocenters. The fraction of sp³-hybridized carbons (Fsp3) is 0.208. The minimum absolute atomic E-state index is 0.0347. The highest BCUT2D eigenvalue weighted by atomic mass is 32.2. The maximum atomic E-state index is 11.7. The number of rotatable bonds is 5. The lowest BCUT2D eigenvalue weighted by atomic mass is 10.0. The Morgan fingerprint density at radius 1 is 1.06 bits per heavy atom. The van der Waals surface area contributed by atoms with Gasteiger partial charge in [-0.05, 0) is 54.3 Å². The number of nitrogens with zero attached hydrogens (tertiary/aromatic N) is 2. The van der Waals surface area contributed by atoms with E-state index < -0.39 is 22.2 Å². The van der Waals surface area contributed by atoms with Crippen LogP contribution in [-0.2, 0) is 21.4 Å². The van der Waals surface area contributed by atoms with Crippen molar-refractivity contribution in [3.8, 4) is 23.3 Å². The van der Waals surface area contributed by atoms with E-state index in [-0.39, 0.29) is 12.5 Å². The Labute approximate surface area is 196 Å². The molecule has 0 spiro atoms. The van der Waals surface area contributed by atoms with Gasteiger partial charge in [-0.25, -0.2) is 9.71 Å². The number of fused-ring (bicyclic) bond motifs is 1. The number of carbonyl (C=O) groups excluding carboxylic acids is 1. The van der Waals surface area contributed by atoms with E-state index in [1.165, 1.54) is 6.20 Å². The Morgan fingerprint density at radius 3 is 2.56 bits per heavy atom. The molecular formula is C24H20N4O5S. The van der Waals surface area contributed by atoms with Crippen LogP contribution in [0, 0.1) is 11.3 Å². The molecule has 2 N–H and O–H groups in total. The number of pyridine rings is 1. The molecule has 172 valence electrons. The van der Waals surface area contributed by atoms with Crippen molar-refractivity contribution in [1.82, 2.24) is 14.4 Å². The smallest absolute Gasteiger partial charge is 0.301 e. The van der Waals surface area contributed by atoms with E-state index in [9.17, 15) is 13.2 Å². The van der Waals surface area contributed by atoms with Crippen LogP contribution in [0.25, 0.3) is 0 Å². The fourth-order valence-corrected chi connectivity index (χ4v) is 5.23. The van der Waals surface area contributed by atoms with Crippen LogP contribution in [0.2, 0.25) is 0 Å². The first-order valence-electron chi connectivity index (χ1n) is 10.7. The molecule has 0 bridgehead atoms. The summed E-state index contributed by atoms with van der Waals surface area (Å²) in [5, 5.41) is 8.90. The van der Waals surface area contributed by atoms with Gasteiger partial charge in [0.15, 0.2) is 0 Å². The fourth-order valence-electron chi connectivity index (χ4n) is 4.20. The van der Waals surface area contributed by atoms with Crippen molar-refractivity contribution < 1.29 is 22.7 Å². The predicted octanol–water partition coefficient (Wildman–Crippen LogP) is 3.21. The lowest BCUT2D eigenvalue weighted by Gasteiger charge is -2.24. The van der Waals surface area contributed by atoms with E-state index in [0.717, 1.165) is 29.7 Å². The van der Waals surface area contributed by atoms with Crippen LogP contribution < -0.4 is 18.9 Å². The molecule has 9 nitrogen and oxygen atoms in total. The first kappa shape index (κ1) is 21.9. The zero-order chi connectivity index (χ0) is 23.7. The number of benzene rings is 2. The highest BCUT2D eigenvalue weighted by Crippen LogP contribution is 2.41. The minimum Gasteiger partial charge on any atom is -0.486 e. The molecule has 10 heteroatoms. The number of nitrogens with one attached hydrogen (secondary N) is 2. The number of ether oxygens (including phenoxy) is 2. The van der Waals surface area contributed by atoms with Crippen molar-refractivity contribution in [1.29, 1.82) is 5.26 Å². The van der Waals surface area contributed by atoms with Crippen molar-refractivity contribution in [2.45, 2.75) is 31.4 Å². The Balaban J connectivity index is 1.29. The molecule has 1 aliphatic carbocycles. The van der Waals surface area contributed by atoms with Crippen molar-refractivity contribution in [2.75, 3.05) is 0 Å². The number of aromatic nitrogens is 1. The zero-order valence-corrected chi connectivity index (χ0v) is 18.7. The molecule has 1 aliphatic heterocycles. The monoisotopic (exact) mass is 476 g/mol. The largest absolute Gasteiger partial charge is 0.486 e. The van der Waals surface area contributed by atoms with Crippen molar-refractivity contribution in [2.24, 2.45) is 0 Å². The van der Waals surface area contributed by atoms with Gasteiger partial charge in [-0.15, -0.1) is 0 Å². The summed E-state index contributed by atoms with van der Waals surface area (Å²) in [6.07, 6.45) is 2.98. The van der Waals surface area contributed by atoms with E-state index >= 15 is 0 Å². The van der Waals surface area contributed by atoms with Crippen LogP contribution in [0.5, 0.6) is 17.2 Å². The third kappa shape index (κ3) is 4.57. The number of carbonyl (C=O) groups is 1. The molecule has 5 rings (SSSR count). The van der Waals surface area contributed by atoms with Crippen LogP contribution in [0.3, 0.4) is 0 Å². The van der Waals surface area contributed by atoms with Gasteiger partial charge in [-0.1, -0.05) is 24.3 Å². The Bertz CT molecular complexity index is 1380. The van der Waals surface area contributed by atoms with Crippen LogP contribution >= 0.6 is 0 Å². The second-order valence-electron chi connectivity index (χ2n) is 8.03. The third-order valence-corrected chi connectivity index (χ3v) is 6.84. The molecule has 2 aliphatic rings. The number of hydrogen-bond donors (Lipinski definition) is 2. The molecule has 1 aromatic heterocycles. The van der Waals surface area contributed by atoms with Crippen LogP contribution in [0.4, 0.5) is 0 Å². The minimum atomic E-state index is -3.83. The second-order valence-corrected chi connectivity index (χ2v) is 9.48. The van der Waals surface area contributed by atoms with Crippen molar-refractivity contribution >= 4 is 16.1 Å². The average molecular weight is 477 g/mol. The summed E-state index contributed by atoms with van der Waals surface area (Å²) in [5.74, 6) is 1.39. The Morgan fingerprint density at radius 2 is 1.85 bits per heavy atom. The van der Waals surface area contributed by atoms with E-state index in [4.69, 9.17) is 14.7 Å². The molecule has 0 radical (unpaired) electrons. The van der Waals surface area contributed by atoms with Gasteiger partial charge in [-0.3, -0.25) is 4.79 Å². The first-order valence-corrected chi connectivity index (χ1v) is 12.1. The summed E-state index contributed by atoms with van der Waals surface area (Å²) in [7, 11) is -3.83. The summed E-state index contributed by atoms with van der Waals surface area (Å²) < 4.78 is 40.1. The summed E-state index contributed by atoms with van der Waals surface area (Å²) in [4.78, 5) is 15.7. The molecule has 2 aromatic carbocycles. The topological polar surface area (TPSA) is 130 Å². The Kier molecular flexibility index (Phi) is 5.65. The van der Waals surface area contributed by atoms with Gasteiger partial charge in [0.1, 0.15) is 35.1 Å². The molecule has 2 atom stereocenters. The van der Waals surface area contributed by atoms with Crippen LogP contribution in [0.15, 0.2) is 60.8 Å². The summed E-state index contributed by atoms with van der Waals surface area (Å²) in [6.45, 7) is 0. The molecular weight excluding hydrogens is 456 g/mol. The van der Waals surface area contributed by atoms with Crippen molar-refractivity contribution in [3.05, 3.63) is 83.2 Å². The van der Waals surface area contributed by atoms with Crippen LogP contribution in [-0.4, -0.2) is 19.3 Å². The maximum absolute atomic E-state index is 11.7. The molecule has 1 amide bonds. The van der Waals surface area contributed by atoms with E-state index in [1.807, 2.05) is 29.0 Å². The molecule has 3 aromatic rings. The van der Waals surface area contributed by atoms with E-state index in [1.54, 1.807) is 36.4 Å². The maximum Gasteiger partial charge on any atom is 0.301 e. The average Bonchev–Trinajstić information content (AvgIpc) is 3.22. The quantitative estimate of drug-likeness (QED) is 0.578. The van der Waals surface area contributed by atoms with Gasteiger partial charge in [0, 0.05) is 12.0 Å². The highest BCUT2D eigenvalue weighted by Gasteiger charge is 2.30. The van der Waals surface area contributed by atoms with Gasteiger partial charge >= 0.3 is 10.2 Å². The van der Waals surface area contributed by atoms with Gasteiger partial charge in [0.2, 0.25) is 5.91 Å². The summed E-state index contributed by atoms with van der Waals surface area (Å²) in [6, 6.07) is 17.6. The highest BCUT2D eigenvalue weighted by molar-refractivity contribution is 7.88. The standard InChI is InChI=1S/C24H20N4O5S/c25-13-16-6-9-18(14-26-16)33-22-3-1-2-19-20(22)10-11-23(19)32-17-7-4-15(5-8-17)21-12-24(29)28-34(30,31)27-21/h1-9,14,21,23,27H,10-12H2,(H,28,29)/t21?,23-/m1/s1. The number of nitriles is 1. The SMILES string of the molecule is N#Cc1ccc(Oc2cccc3c2CC[C@H]3Oc2ccc(C3CC(=O)NS(=O)(=O)N3)cc2)cn1. The third-order valence-electron chi connectivity index (χ3n) is 5.75. The van der Waals surface area contributed by atoms with Gasteiger partial charge < -0.3 is 9.47 Å².